The highest BCUT2D eigenvalue weighted by atomic mass is 19.1. The highest BCUT2D eigenvalue weighted by molar-refractivity contribution is 6.31. The van der Waals surface area contributed by atoms with Gasteiger partial charge in [0.25, 0.3) is 11.8 Å². The Morgan fingerprint density at radius 1 is 1.34 bits per heavy atom. The molecule has 2 heterocycles. The molecule has 0 saturated carbocycles. The SMILES string of the molecule is C/C=C(C(=O)NCCN1CCCC1)/C(C)=C(N)/C=C1\C(=O)Nc2ccc(F)cc21. The van der Waals surface area contributed by atoms with Gasteiger partial charge < -0.3 is 21.3 Å². The van der Waals surface area contributed by atoms with Gasteiger partial charge >= 0.3 is 0 Å². The number of hydrogen-bond acceptors (Lipinski definition) is 4. The van der Waals surface area contributed by atoms with Crippen LogP contribution in [0.15, 0.2) is 47.2 Å². The molecule has 29 heavy (non-hydrogen) atoms. The number of amides is 2. The van der Waals surface area contributed by atoms with Crippen molar-refractivity contribution in [3.8, 4) is 0 Å². The van der Waals surface area contributed by atoms with Gasteiger partial charge in [-0.05, 0) is 69.6 Å². The first kappa shape index (κ1) is 20.8. The molecular formula is C22H27FN4O2. The van der Waals surface area contributed by atoms with Crippen LogP contribution in [0.25, 0.3) is 5.57 Å². The van der Waals surface area contributed by atoms with Gasteiger partial charge in [-0.15, -0.1) is 0 Å². The average molecular weight is 398 g/mol. The topological polar surface area (TPSA) is 87.5 Å². The minimum Gasteiger partial charge on any atom is -0.398 e. The van der Waals surface area contributed by atoms with Crippen LogP contribution in [0, 0.1) is 5.82 Å². The molecule has 4 N–H and O–H groups in total. The summed E-state index contributed by atoms with van der Waals surface area (Å²) in [6, 6.07) is 4.10. The van der Waals surface area contributed by atoms with Crippen LogP contribution in [-0.2, 0) is 9.59 Å². The number of rotatable bonds is 6. The molecule has 0 bridgehead atoms. The molecule has 1 fully saturated rings. The van der Waals surface area contributed by atoms with Crippen molar-refractivity contribution in [2.24, 2.45) is 5.73 Å². The Labute approximate surface area is 170 Å². The predicted octanol–water partition coefficient (Wildman–Crippen LogP) is 2.55. The van der Waals surface area contributed by atoms with Gasteiger partial charge in [-0.2, -0.15) is 0 Å². The lowest BCUT2D eigenvalue weighted by atomic mass is 10.0. The molecule has 2 aliphatic heterocycles. The zero-order valence-corrected chi connectivity index (χ0v) is 16.8. The number of hydrogen-bond donors (Lipinski definition) is 3. The van der Waals surface area contributed by atoms with E-state index in [0.29, 0.717) is 28.9 Å². The van der Waals surface area contributed by atoms with Crippen LogP contribution in [0.1, 0.15) is 32.3 Å². The molecule has 1 aromatic rings. The second-order valence-electron chi connectivity index (χ2n) is 7.29. The average Bonchev–Trinajstić information content (AvgIpc) is 3.31. The largest absolute Gasteiger partial charge is 0.398 e. The smallest absolute Gasteiger partial charge is 0.256 e. The molecular weight excluding hydrogens is 371 g/mol. The molecule has 2 aliphatic rings. The Morgan fingerprint density at radius 3 is 2.76 bits per heavy atom. The van der Waals surface area contributed by atoms with Crippen molar-refractivity contribution in [3.05, 3.63) is 58.6 Å². The normalized spacial score (nSPS) is 19.2. The van der Waals surface area contributed by atoms with Gasteiger partial charge in [-0.3, -0.25) is 9.59 Å². The highest BCUT2D eigenvalue weighted by Crippen LogP contribution is 2.33. The Kier molecular flexibility index (Phi) is 6.49. The monoisotopic (exact) mass is 398 g/mol. The number of fused-ring (bicyclic) bond motifs is 1. The lowest BCUT2D eigenvalue weighted by molar-refractivity contribution is -0.117. The highest BCUT2D eigenvalue weighted by Gasteiger charge is 2.25. The summed E-state index contributed by atoms with van der Waals surface area (Å²) in [5, 5.41) is 5.62. The number of nitrogens with zero attached hydrogens (tertiary/aromatic N) is 1. The van der Waals surface area contributed by atoms with E-state index in [1.165, 1.54) is 37.1 Å². The summed E-state index contributed by atoms with van der Waals surface area (Å²) in [4.78, 5) is 27.2. The standard InChI is InChI=1S/C22H27FN4O2/c1-3-16(21(28)25-8-11-27-9-4-5-10-27)14(2)19(24)13-18-17-12-15(23)6-7-20(17)26-22(18)29/h3,6-7,12-13H,4-5,8-11,24H2,1-2H3,(H,25,28)(H,26,29)/b16-3-,18-13-,19-14-. The predicted molar refractivity (Wildman–Crippen MR) is 112 cm³/mol. The van der Waals surface area contributed by atoms with Crippen molar-refractivity contribution in [3.63, 3.8) is 0 Å². The lowest BCUT2D eigenvalue weighted by Crippen LogP contribution is -2.34. The van der Waals surface area contributed by atoms with Gasteiger partial charge in [0, 0.05) is 35.6 Å². The Morgan fingerprint density at radius 2 is 2.07 bits per heavy atom. The van der Waals surface area contributed by atoms with Gasteiger partial charge in [0.1, 0.15) is 5.82 Å². The van der Waals surface area contributed by atoms with Gasteiger partial charge in [-0.1, -0.05) is 6.08 Å². The number of carbonyl (C=O) groups is 2. The molecule has 3 rings (SSSR count). The number of likely N-dealkylation sites (tertiary alicyclic amines) is 1. The summed E-state index contributed by atoms with van der Waals surface area (Å²) in [5.74, 6) is -0.983. The number of allylic oxidation sites excluding steroid dienone is 2. The Balaban J connectivity index is 1.74. The van der Waals surface area contributed by atoms with E-state index in [1.54, 1.807) is 19.9 Å². The van der Waals surface area contributed by atoms with Crippen LogP contribution >= 0.6 is 0 Å². The van der Waals surface area contributed by atoms with Crippen molar-refractivity contribution < 1.29 is 14.0 Å². The van der Waals surface area contributed by atoms with Crippen LogP contribution in [-0.4, -0.2) is 42.9 Å². The molecule has 0 atom stereocenters. The molecule has 2 amide bonds. The van der Waals surface area contributed by atoms with Crippen molar-refractivity contribution in [2.75, 3.05) is 31.5 Å². The number of carbonyl (C=O) groups excluding carboxylic acids is 2. The molecule has 154 valence electrons. The maximum atomic E-state index is 13.6. The van der Waals surface area contributed by atoms with Crippen LogP contribution in [0.3, 0.4) is 0 Å². The third kappa shape index (κ3) is 4.74. The van der Waals surface area contributed by atoms with E-state index in [1.807, 2.05) is 0 Å². The van der Waals surface area contributed by atoms with Crippen molar-refractivity contribution in [1.29, 1.82) is 0 Å². The summed E-state index contributed by atoms with van der Waals surface area (Å²) in [6.45, 7) is 7.06. The summed E-state index contributed by atoms with van der Waals surface area (Å²) in [7, 11) is 0. The summed E-state index contributed by atoms with van der Waals surface area (Å²) < 4.78 is 13.6. The molecule has 1 saturated heterocycles. The number of nitrogens with one attached hydrogen (secondary N) is 2. The third-order valence-electron chi connectivity index (χ3n) is 5.35. The maximum Gasteiger partial charge on any atom is 0.256 e. The number of benzene rings is 1. The van der Waals surface area contributed by atoms with Crippen molar-refractivity contribution in [1.82, 2.24) is 10.2 Å². The van der Waals surface area contributed by atoms with E-state index >= 15 is 0 Å². The number of nitrogens with two attached hydrogens (primary N) is 1. The first-order valence-corrected chi connectivity index (χ1v) is 9.87. The van der Waals surface area contributed by atoms with Crippen molar-refractivity contribution in [2.45, 2.75) is 26.7 Å². The van der Waals surface area contributed by atoms with Crippen LogP contribution in [0.2, 0.25) is 0 Å². The van der Waals surface area contributed by atoms with E-state index < -0.39 is 5.82 Å². The van der Waals surface area contributed by atoms with E-state index in [4.69, 9.17) is 5.73 Å². The molecule has 1 aromatic carbocycles. The van der Waals surface area contributed by atoms with E-state index in [0.717, 1.165) is 19.6 Å². The first-order chi connectivity index (χ1) is 13.9. The zero-order chi connectivity index (χ0) is 21.0. The molecule has 0 aromatic heterocycles. The molecule has 6 nitrogen and oxygen atoms in total. The second kappa shape index (κ2) is 9.05. The minimum absolute atomic E-state index is 0.201. The van der Waals surface area contributed by atoms with Gasteiger partial charge in [0.2, 0.25) is 0 Å². The third-order valence-corrected chi connectivity index (χ3v) is 5.35. The Hall–Kier alpha value is -2.93. The zero-order valence-electron chi connectivity index (χ0n) is 16.8. The summed E-state index contributed by atoms with van der Waals surface area (Å²) >= 11 is 0. The van der Waals surface area contributed by atoms with Crippen molar-refractivity contribution >= 4 is 23.1 Å². The lowest BCUT2D eigenvalue weighted by Gasteiger charge is -2.16. The molecule has 0 radical (unpaired) electrons. The number of halogens is 1. The van der Waals surface area contributed by atoms with Crippen LogP contribution in [0.5, 0.6) is 0 Å². The maximum absolute atomic E-state index is 13.6. The fourth-order valence-corrected chi connectivity index (χ4v) is 3.67. The number of anilines is 1. The van der Waals surface area contributed by atoms with E-state index in [2.05, 4.69) is 15.5 Å². The molecule has 0 unspecified atom stereocenters. The summed E-state index contributed by atoms with van der Waals surface area (Å²) in [5.41, 5.74) is 8.79. The minimum atomic E-state index is -0.433. The van der Waals surface area contributed by atoms with Gasteiger partial charge in [0.15, 0.2) is 0 Å². The molecule has 0 aliphatic carbocycles. The first-order valence-electron chi connectivity index (χ1n) is 9.87. The van der Waals surface area contributed by atoms with Crippen LogP contribution in [0.4, 0.5) is 10.1 Å². The second-order valence-corrected chi connectivity index (χ2v) is 7.29. The molecule has 0 spiro atoms. The fourth-order valence-electron chi connectivity index (χ4n) is 3.67. The van der Waals surface area contributed by atoms with Gasteiger partial charge in [-0.25, -0.2) is 4.39 Å². The molecule has 7 heteroatoms. The fraction of sp³-hybridized carbons (Fsp3) is 0.364. The van der Waals surface area contributed by atoms with Crippen LogP contribution < -0.4 is 16.4 Å². The quantitative estimate of drug-likeness (QED) is 0.508. The summed E-state index contributed by atoms with van der Waals surface area (Å²) in [6.07, 6.45) is 5.62. The van der Waals surface area contributed by atoms with E-state index in [-0.39, 0.29) is 23.1 Å². The van der Waals surface area contributed by atoms with Gasteiger partial charge in [0.05, 0.1) is 5.57 Å². The van der Waals surface area contributed by atoms with E-state index in [9.17, 15) is 14.0 Å². The Bertz CT molecular complexity index is 911.